The SMILES string of the molecule is CC1(C)O[C@H](CP(c2ccccc2)c2ccccc2)[C@@H](CP(c2ccccc2)c2ccccc2)O1.CCN(CC)C(=O)COc1c[c-]ccc1.[Pd+][I]. The summed E-state index contributed by atoms with van der Waals surface area (Å²) in [6.07, 6.45) is 1.97. The minimum absolute atomic E-state index is 0.0175. The Labute approximate surface area is 334 Å². The average Bonchev–Trinajstić information content (AvgIpc) is 3.50. The van der Waals surface area contributed by atoms with Crippen LogP contribution in [0.3, 0.4) is 0 Å². The van der Waals surface area contributed by atoms with Crippen LogP contribution >= 0.6 is 35.4 Å². The van der Waals surface area contributed by atoms with E-state index in [0.29, 0.717) is 5.75 Å². The van der Waals surface area contributed by atoms with Gasteiger partial charge in [-0.2, -0.15) is 18.2 Å². The molecule has 5 nitrogen and oxygen atoms in total. The molecule has 5 aromatic carbocycles. The van der Waals surface area contributed by atoms with Gasteiger partial charge in [0.25, 0.3) is 5.91 Å². The predicted octanol–water partition coefficient (Wildman–Crippen LogP) is 8.39. The molecule has 0 spiro atoms. The fraction of sp³-hybridized carbons (Fsp3) is 0.279. The van der Waals surface area contributed by atoms with Gasteiger partial charge in [-0.05, 0) is 64.8 Å². The molecule has 6 rings (SSSR count). The molecule has 0 radical (unpaired) electrons. The molecule has 0 aliphatic carbocycles. The molecule has 0 saturated carbocycles. The van der Waals surface area contributed by atoms with Crippen molar-refractivity contribution in [3.8, 4) is 5.75 Å². The summed E-state index contributed by atoms with van der Waals surface area (Å²) < 4.78 is 18.6. The number of rotatable bonds is 13. The first kappa shape index (κ1) is 42.3. The number of ether oxygens (including phenoxy) is 3. The van der Waals surface area contributed by atoms with Gasteiger partial charge in [0.1, 0.15) is 0 Å². The molecule has 1 heterocycles. The molecule has 1 amide bonds. The van der Waals surface area contributed by atoms with Gasteiger partial charge in [0, 0.05) is 31.2 Å². The van der Waals surface area contributed by atoms with E-state index in [-0.39, 0.29) is 24.7 Å². The topological polar surface area (TPSA) is 48.0 Å². The Balaban J connectivity index is 0.000000299. The summed E-state index contributed by atoms with van der Waals surface area (Å²) in [6, 6.07) is 53.6. The fourth-order valence-corrected chi connectivity index (χ4v) is 10.9. The molecule has 1 aliphatic heterocycles. The molecule has 0 bridgehead atoms. The molecule has 2 atom stereocenters. The second kappa shape index (κ2) is 22.7. The predicted molar refractivity (Wildman–Crippen MR) is 224 cm³/mol. The van der Waals surface area contributed by atoms with Crippen LogP contribution in [0.5, 0.6) is 5.75 Å². The summed E-state index contributed by atoms with van der Waals surface area (Å²) in [5, 5.41) is 5.53. The zero-order valence-electron chi connectivity index (χ0n) is 30.2. The third kappa shape index (κ3) is 13.1. The summed E-state index contributed by atoms with van der Waals surface area (Å²) in [4.78, 5) is 13.3. The van der Waals surface area contributed by atoms with Crippen LogP contribution < -0.4 is 26.0 Å². The van der Waals surface area contributed by atoms with Gasteiger partial charge in [0.15, 0.2) is 12.4 Å². The van der Waals surface area contributed by atoms with Crippen LogP contribution in [0.25, 0.3) is 0 Å². The Bertz CT molecular complexity index is 1530. The molecule has 0 aromatic heterocycles. The zero-order chi connectivity index (χ0) is 37.2. The maximum atomic E-state index is 11.6. The summed E-state index contributed by atoms with van der Waals surface area (Å²) >= 11 is 4.72. The van der Waals surface area contributed by atoms with Crippen LogP contribution in [0.2, 0.25) is 0 Å². The molecule has 5 aromatic rings. The fourth-order valence-electron chi connectivity index (χ4n) is 6.01. The molecular weight excluding hydrogens is 890 g/mol. The second-order valence-corrected chi connectivity index (χ2v) is 16.9. The molecule has 52 heavy (non-hydrogen) atoms. The number of halogens is 1. The van der Waals surface area contributed by atoms with Gasteiger partial charge >= 0.3 is 35.1 Å². The van der Waals surface area contributed by atoms with E-state index in [1.54, 1.807) is 17.0 Å². The van der Waals surface area contributed by atoms with Gasteiger partial charge in [-0.3, -0.25) is 4.79 Å². The molecule has 1 saturated heterocycles. The van der Waals surface area contributed by atoms with Crippen LogP contribution in [0.4, 0.5) is 0 Å². The van der Waals surface area contributed by atoms with Crippen LogP contribution in [0.15, 0.2) is 146 Å². The van der Waals surface area contributed by atoms with Crippen molar-refractivity contribution in [1.82, 2.24) is 4.90 Å². The van der Waals surface area contributed by atoms with Crippen molar-refractivity contribution in [3.05, 3.63) is 152 Å². The Morgan fingerprint density at radius 3 is 1.40 bits per heavy atom. The van der Waals surface area contributed by atoms with Crippen LogP contribution in [0, 0.1) is 6.07 Å². The van der Waals surface area contributed by atoms with Crippen LogP contribution in [0.1, 0.15) is 27.7 Å². The van der Waals surface area contributed by atoms with E-state index in [1.807, 2.05) is 45.5 Å². The molecule has 0 N–H and O–H groups in total. The number of hydrogen-bond acceptors (Lipinski definition) is 4. The second-order valence-electron chi connectivity index (χ2n) is 12.4. The van der Waals surface area contributed by atoms with Crippen molar-refractivity contribution in [3.63, 3.8) is 0 Å². The molecule has 9 heteroatoms. The van der Waals surface area contributed by atoms with E-state index in [1.165, 1.54) is 21.2 Å². The normalized spacial score (nSPS) is 15.9. The summed E-state index contributed by atoms with van der Waals surface area (Å²) in [7, 11) is -1.12. The first-order valence-corrected chi connectivity index (χ1v) is 25.1. The summed E-state index contributed by atoms with van der Waals surface area (Å²) in [5.41, 5.74) is 0. The van der Waals surface area contributed by atoms with Gasteiger partial charge in [-0.15, -0.1) is 12.1 Å². The molecular formula is C43H48INO4P2Pd. The Morgan fingerprint density at radius 1 is 0.692 bits per heavy atom. The van der Waals surface area contributed by atoms with Crippen molar-refractivity contribution in [2.75, 3.05) is 32.0 Å². The Hall–Kier alpha value is -2.46. The van der Waals surface area contributed by atoms with Crippen molar-refractivity contribution >= 4 is 62.5 Å². The van der Waals surface area contributed by atoms with Crippen molar-refractivity contribution in [2.45, 2.75) is 45.7 Å². The van der Waals surface area contributed by atoms with Gasteiger partial charge in [-0.25, -0.2) is 0 Å². The van der Waals surface area contributed by atoms with Crippen molar-refractivity contribution in [1.29, 1.82) is 0 Å². The third-order valence-electron chi connectivity index (χ3n) is 8.44. The van der Waals surface area contributed by atoms with E-state index in [4.69, 9.17) is 14.2 Å². The number of carbonyl (C=O) groups excluding carboxylic acids is 1. The first-order valence-electron chi connectivity index (χ1n) is 17.5. The van der Waals surface area contributed by atoms with E-state index >= 15 is 0 Å². The van der Waals surface area contributed by atoms with Crippen LogP contribution in [-0.4, -0.2) is 60.8 Å². The Morgan fingerprint density at radius 2 is 1.08 bits per heavy atom. The number of likely N-dealkylation sites (N-methyl/N-ethyl adjacent to an activating group) is 1. The number of carbonyl (C=O) groups is 1. The van der Waals surface area contributed by atoms with E-state index in [2.05, 4.69) is 157 Å². The van der Waals surface area contributed by atoms with Gasteiger partial charge < -0.3 is 19.1 Å². The number of benzene rings is 5. The van der Waals surface area contributed by atoms with Gasteiger partial charge in [0.05, 0.1) is 12.2 Å². The number of nitrogens with zero attached hydrogens (tertiary/aromatic N) is 1. The third-order valence-corrected chi connectivity index (χ3v) is 13.6. The molecule has 0 unspecified atom stereocenters. The monoisotopic (exact) mass is 937 g/mol. The average molecular weight is 938 g/mol. The number of amides is 1. The Kier molecular flexibility index (Phi) is 18.4. The first-order chi connectivity index (χ1) is 25.4. The molecule has 1 fully saturated rings. The number of hydrogen-bond donors (Lipinski definition) is 0. The van der Waals surface area contributed by atoms with E-state index < -0.39 is 21.6 Å². The summed E-state index contributed by atoms with van der Waals surface area (Å²) in [6.45, 7) is 9.56. The van der Waals surface area contributed by atoms with Crippen molar-refractivity contribution in [2.24, 2.45) is 0 Å². The van der Waals surface area contributed by atoms with Crippen LogP contribution in [-0.2, 0) is 29.9 Å². The van der Waals surface area contributed by atoms with E-state index in [9.17, 15) is 4.79 Å². The minimum atomic E-state index is -0.585. The maximum absolute atomic E-state index is 11.6. The van der Waals surface area contributed by atoms with E-state index in [0.717, 1.165) is 25.4 Å². The molecule has 1 aliphatic rings. The molecule has 276 valence electrons. The van der Waals surface area contributed by atoms with Gasteiger partial charge in [-0.1, -0.05) is 121 Å². The quantitative estimate of drug-likeness (QED) is 0.0516. The van der Waals surface area contributed by atoms with Crippen molar-refractivity contribution < 1.29 is 34.6 Å². The standard InChI is InChI=1S/C31H32O2P2.C12H16NO2.HI.Pd/c1-31(2)32-29(23-34(25-15-7-3-8-16-25)26-17-9-4-10-18-26)30(33-31)24-35(27-19-11-5-12-20-27)28-21-13-6-14-22-28;1-3-13(4-2)12(14)10-15-11-8-6-5-7-9-11;;/h3-22,29-30H,23-24H2,1-2H3;5-6,8-9H,3-4,10H2,1-2H3;1H;/q;-1;;+2/p-1/t29-,30-;;;/m1.../s1. The summed E-state index contributed by atoms with van der Waals surface area (Å²) in [5.74, 6) is 0.111. The van der Waals surface area contributed by atoms with Gasteiger partial charge in [0.2, 0.25) is 0 Å². The zero-order valence-corrected chi connectivity index (χ0v) is 35.7.